The molecule has 0 aromatic carbocycles. The third kappa shape index (κ3) is 3.24. The molecule has 2 rings (SSSR count). The van der Waals surface area contributed by atoms with E-state index >= 15 is 0 Å². The highest BCUT2D eigenvalue weighted by Crippen LogP contribution is 2.07. The largest absolute Gasteiger partial charge is 0.389 e. The number of anilines is 1. The normalized spacial score (nSPS) is 10.1. The van der Waals surface area contributed by atoms with Gasteiger partial charge in [-0.2, -0.15) is 0 Å². The zero-order valence-electron chi connectivity index (χ0n) is 10.1. The predicted octanol–water partition coefficient (Wildman–Crippen LogP) is 2.03. The lowest BCUT2D eigenvalue weighted by Crippen LogP contribution is -2.10. The first-order chi connectivity index (χ1) is 8.65. The number of rotatable bonds is 4. The first-order valence-corrected chi connectivity index (χ1v) is 5.98. The Morgan fingerprint density at radius 2 is 2.17 bits per heavy atom. The van der Waals surface area contributed by atoms with Crippen LogP contribution in [0.3, 0.4) is 0 Å². The smallest absolute Gasteiger partial charge is 0.126 e. The van der Waals surface area contributed by atoms with E-state index in [1.807, 2.05) is 37.3 Å². The van der Waals surface area contributed by atoms with Crippen molar-refractivity contribution in [2.24, 2.45) is 5.73 Å². The molecule has 5 heteroatoms. The van der Waals surface area contributed by atoms with Crippen molar-refractivity contribution < 1.29 is 0 Å². The quantitative estimate of drug-likeness (QED) is 0.822. The monoisotopic (exact) mass is 258 g/mol. The Bertz CT molecular complexity index is 551. The Labute approximate surface area is 111 Å². The van der Waals surface area contributed by atoms with Crippen molar-refractivity contribution in [3.8, 4) is 0 Å². The van der Waals surface area contributed by atoms with Gasteiger partial charge in [-0.1, -0.05) is 18.3 Å². The van der Waals surface area contributed by atoms with Gasteiger partial charge < -0.3 is 11.1 Å². The minimum Gasteiger partial charge on any atom is -0.389 e. The molecule has 0 saturated heterocycles. The van der Waals surface area contributed by atoms with Gasteiger partial charge >= 0.3 is 0 Å². The lowest BCUT2D eigenvalue weighted by atomic mass is 10.3. The minimum atomic E-state index is 0.356. The van der Waals surface area contributed by atoms with E-state index in [1.54, 1.807) is 6.20 Å². The van der Waals surface area contributed by atoms with Gasteiger partial charge in [-0.15, -0.1) is 0 Å². The molecule has 2 heterocycles. The zero-order chi connectivity index (χ0) is 13.0. The molecule has 2 aromatic heterocycles. The molecule has 0 aliphatic heterocycles. The summed E-state index contributed by atoms with van der Waals surface area (Å²) in [6.07, 6.45) is 1.66. The average Bonchev–Trinajstić information content (AvgIpc) is 2.37. The number of aryl methyl sites for hydroxylation is 1. The van der Waals surface area contributed by atoms with Crippen LogP contribution in [-0.2, 0) is 6.54 Å². The van der Waals surface area contributed by atoms with Gasteiger partial charge in [0.25, 0.3) is 0 Å². The van der Waals surface area contributed by atoms with Crippen molar-refractivity contribution in [1.82, 2.24) is 9.97 Å². The fourth-order valence-electron chi connectivity index (χ4n) is 1.52. The van der Waals surface area contributed by atoms with Crippen molar-refractivity contribution in [3.05, 3.63) is 53.5 Å². The molecule has 0 aliphatic rings. The second-order valence-corrected chi connectivity index (χ2v) is 4.36. The topological polar surface area (TPSA) is 63.8 Å². The Kier molecular flexibility index (Phi) is 3.84. The van der Waals surface area contributed by atoms with Crippen molar-refractivity contribution >= 4 is 23.0 Å². The summed E-state index contributed by atoms with van der Waals surface area (Å²) >= 11 is 4.87. The molecule has 0 bridgehead atoms. The summed E-state index contributed by atoms with van der Waals surface area (Å²) in [6, 6.07) is 9.64. The maximum absolute atomic E-state index is 5.51. The summed E-state index contributed by atoms with van der Waals surface area (Å²) in [5.74, 6) is 0.776. The highest BCUT2D eigenvalue weighted by molar-refractivity contribution is 7.80. The summed E-state index contributed by atoms with van der Waals surface area (Å²) in [7, 11) is 0. The maximum atomic E-state index is 5.51. The van der Waals surface area contributed by atoms with E-state index in [9.17, 15) is 0 Å². The van der Waals surface area contributed by atoms with Crippen LogP contribution in [-0.4, -0.2) is 15.0 Å². The van der Waals surface area contributed by atoms with E-state index in [0.29, 0.717) is 11.5 Å². The van der Waals surface area contributed by atoms with Crippen LogP contribution >= 0.6 is 12.2 Å². The molecular formula is C13H14N4S. The van der Waals surface area contributed by atoms with Crippen LogP contribution < -0.4 is 11.1 Å². The number of nitrogens with one attached hydrogen (secondary N) is 1. The van der Waals surface area contributed by atoms with Gasteiger partial charge in [-0.3, -0.25) is 4.98 Å². The molecule has 92 valence electrons. The van der Waals surface area contributed by atoms with E-state index in [1.165, 1.54) is 0 Å². The lowest BCUT2D eigenvalue weighted by molar-refractivity contribution is 1.00. The highest BCUT2D eigenvalue weighted by Gasteiger charge is 1.99. The van der Waals surface area contributed by atoms with E-state index in [0.717, 1.165) is 22.8 Å². The van der Waals surface area contributed by atoms with Crippen molar-refractivity contribution in [3.63, 3.8) is 0 Å². The van der Waals surface area contributed by atoms with Gasteiger partial charge in [0.2, 0.25) is 0 Å². The van der Waals surface area contributed by atoms with Gasteiger partial charge in [0.15, 0.2) is 0 Å². The molecule has 0 spiro atoms. The van der Waals surface area contributed by atoms with Gasteiger partial charge in [0.1, 0.15) is 10.8 Å². The van der Waals surface area contributed by atoms with Crippen LogP contribution in [0.4, 0.5) is 5.82 Å². The molecule has 2 aromatic rings. The fraction of sp³-hybridized carbons (Fsp3) is 0.154. The van der Waals surface area contributed by atoms with Gasteiger partial charge in [0.05, 0.1) is 12.2 Å². The van der Waals surface area contributed by atoms with Gasteiger partial charge in [-0.25, -0.2) is 4.98 Å². The van der Waals surface area contributed by atoms with Crippen molar-refractivity contribution in [1.29, 1.82) is 0 Å². The average molecular weight is 258 g/mol. The molecule has 0 amide bonds. The Hall–Kier alpha value is -2.01. The third-order valence-corrected chi connectivity index (χ3v) is 2.68. The standard InChI is InChI=1S/C13H14N4S/c1-9-3-2-4-11(17-9)8-16-12-6-5-10(7-15-12)13(14)18/h2-7H,8H2,1H3,(H2,14,18)(H,15,16). The number of nitrogens with two attached hydrogens (primary N) is 1. The third-order valence-electron chi connectivity index (χ3n) is 2.44. The molecule has 18 heavy (non-hydrogen) atoms. The predicted molar refractivity (Wildman–Crippen MR) is 76.4 cm³/mol. The van der Waals surface area contributed by atoms with Crippen molar-refractivity contribution in [2.75, 3.05) is 5.32 Å². The molecule has 0 radical (unpaired) electrons. The molecule has 0 unspecified atom stereocenters. The van der Waals surface area contributed by atoms with E-state index in [2.05, 4.69) is 15.3 Å². The number of hydrogen-bond acceptors (Lipinski definition) is 4. The van der Waals surface area contributed by atoms with Crippen LogP contribution in [0.25, 0.3) is 0 Å². The molecule has 0 aliphatic carbocycles. The summed E-state index contributed by atoms with van der Waals surface area (Å²) in [5.41, 5.74) is 8.26. The summed E-state index contributed by atoms with van der Waals surface area (Å²) in [5, 5.41) is 3.20. The second kappa shape index (κ2) is 5.55. The molecule has 0 atom stereocenters. The first kappa shape index (κ1) is 12.4. The minimum absolute atomic E-state index is 0.356. The van der Waals surface area contributed by atoms with E-state index < -0.39 is 0 Å². The Morgan fingerprint density at radius 1 is 1.33 bits per heavy atom. The van der Waals surface area contributed by atoms with Gasteiger partial charge in [0, 0.05) is 17.5 Å². The van der Waals surface area contributed by atoms with Crippen LogP contribution in [0.5, 0.6) is 0 Å². The second-order valence-electron chi connectivity index (χ2n) is 3.92. The maximum Gasteiger partial charge on any atom is 0.126 e. The summed E-state index contributed by atoms with van der Waals surface area (Å²) in [6.45, 7) is 2.61. The summed E-state index contributed by atoms with van der Waals surface area (Å²) < 4.78 is 0. The number of hydrogen-bond donors (Lipinski definition) is 2. The number of pyridine rings is 2. The first-order valence-electron chi connectivity index (χ1n) is 5.57. The Morgan fingerprint density at radius 3 is 2.78 bits per heavy atom. The lowest BCUT2D eigenvalue weighted by Gasteiger charge is -2.06. The molecule has 3 N–H and O–H groups in total. The summed E-state index contributed by atoms with van der Waals surface area (Å²) in [4.78, 5) is 8.99. The van der Waals surface area contributed by atoms with Gasteiger partial charge in [-0.05, 0) is 31.2 Å². The highest BCUT2D eigenvalue weighted by atomic mass is 32.1. The van der Waals surface area contributed by atoms with Crippen LogP contribution in [0.2, 0.25) is 0 Å². The molecule has 0 saturated carbocycles. The molecule has 4 nitrogen and oxygen atoms in total. The van der Waals surface area contributed by atoms with Crippen LogP contribution in [0.15, 0.2) is 36.5 Å². The SMILES string of the molecule is Cc1cccc(CNc2ccc(C(N)=S)cn2)n1. The number of thiocarbonyl (C=S) groups is 1. The number of nitrogens with zero attached hydrogens (tertiary/aromatic N) is 2. The van der Waals surface area contributed by atoms with E-state index in [4.69, 9.17) is 18.0 Å². The number of aromatic nitrogens is 2. The van der Waals surface area contributed by atoms with Crippen LogP contribution in [0, 0.1) is 6.92 Å². The van der Waals surface area contributed by atoms with E-state index in [-0.39, 0.29) is 0 Å². The van der Waals surface area contributed by atoms with Crippen molar-refractivity contribution in [2.45, 2.75) is 13.5 Å². The zero-order valence-corrected chi connectivity index (χ0v) is 10.9. The molecule has 0 fully saturated rings. The Balaban J connectivity index is 2.00. The fourth-order valence-corrected chi connectivity index (χ4v) is 1.64. The molecular weight excluding hydrogens is 244 g/mol. The van der Waals surface area contributed by atoms with Crippen LogP contribution in [0.1, 0.15) is 17.0 Å².